The van der Waals surface area contributed by atoms with E-state index in [0.717, 1.165) is 29.5 Å². The van der Waals surface area contributed by atoms with E-state index in [1.807, 2.05) is 36.5 Å². The third-order valence-corrected chi connectivity index (χ3v) is 6.44. The minimum absolute atomic E-state index is 0.0450. The molecule has 1 aliphatic rings. The van der Waals surface area contributed by atoms with Gasteiger partial charge in [0.05, 0.1) is 12.3 Å². The molecule has 3 aromatic rings. The van der Waals surface area contributed by atoms with Gasteiger partial charge < -0.3 is 4.98 Å². The molecule has 0 radical (unpaired) electrons. The highest BCUT2D eigenvalue weighted by Crippen LogP contribution is 2.37. The Balaban J connectivity index is 1.61. The second kappa shape index (κ2) is 6.32. The van der Waals surface area contributed by atoms with Crippen LogP contribution in [0.5, 0.6) is 0 Å². The third kappa shape index (κ3) is 3.10. The topological polar surface area (TPSA) is 53.2 Å². The average molecular weight is 354 g/mol. The molecule has 0 saturated heterocycles. The molecule has 1 heterocycles. The van der Waals surface area contributed by atoms with Gasteiger partial charge >= 0.3 is 0 Å². The molecule has 1 N–H and O–H groups in total. The first-order valence-electron chi connectivity index (χ1n) is 8.63. The molecule has 1 atom stereocenters. The first kappa shape index (κ1) is 16.4. The fourth-order valence-electron chi connectivity index (χ4n) is 3.96. The minimum atomic E-state index is -3.27. The molecule has 0 spiro atoms. The van der Waals surface area contributed by atoms with E-state index >= 15 is 0 Å². The predicted octanol–water partition coefficient (Wildman–Crippen LogP) is 3.66. The van der Waals surface area contributed by atoms with Gasteiger partial charge in [0.25, 0.3) is 0 Å². The Morgan fingerprint density at radius 1 is 1.12 bits per heavy atom. The number of aromatic nitrogens is 1. The summed E-state index contributed by atoms with van der Waals surface area (Å²) in [6, 6.07) is 16.3. The minimum Gasteiger partial charge on any atom is -0.361 e. The number of hydrogen-bond donors (Lipinski definition) is 1. The van der Waals surface area contributed by atoms with Crippen molar-refractivity contribution in [1.29, 1.82) is 0 Å². The van der Waals surface area contributed by atoms with E-state index in [-0.39, 0.29) is 6.04 Å². The molecule has 1 unspecified atom stereocenters. The molecule has 25 heavy (non-hydrogen) atoms. The smallest absolute Gasteiger partial charge is 0.211 e. The number of aryl methyl sites for hydroxylation is 1. The maximum atomic E-state index is 12.5. The van der Waals surface area contributed by atoms with E-state index in [1.54, 1.807) is 4.31 Å². The first-order valence-corrected chi connectivity index (χ1v) is 10.5. The molecule has 130 valence electrons. The number of sulfonamides is 1. The van der Waals surface area contributed by atoms with Crippen molar-refractivity contribution in [3.8, 4) is 0 Å². The van der Waals surface area contributed by atoms with Crippen LogP contribution in [0.3, 0.4) is 0 Å². The second-order valence-electron chi connectivity index (χ2n) is 6.74. The lowest BCUT2D eigenvalue weighted by Gasteiger charge is -2.27. The second-order valence-corrected chi connectivity index (χ2v) is 8.67. The van der Waals surface area contributed by atoms with Crippen molar-refractivity contribution in [2.45, 2.75) is 25.3 Å². The first-order chi connectivity index (χ1) is 12.0. The molecule has 5 heteroatoms. The van der Waals surface area contributed by atoms with Gasteiger partial charge in [0.2, 0.25) is 10.0 Å². The van der Waals surface area contributed by atoms with Crippen molar-refractivity contribution in [2.24, 2.45) is 0 Å². The summed E-state index contributed by atoms with van der Waals surface area (Å²) in [5, 5.41) is 1.17. The van der Waals surface area contributed by atoms with Crippen LogP contribution in [0.25, 0.3) is 10.9 Å². The largest absolute Gasteiger partial charge is 0.361 e. The third-order valence-electron chi connectivity index (χ3n) is 5.15. The molecule has 2 aromatic carbocycles. The number of aromatic amines is 1. The SMILES string of the molecule is CS(=O)(=O)N(CCc1c[nH]c2ccccc12)C1CCc2ccccc21. The van der Waals surface area contributed by atoms with E-state index in [9.17, 15) is 8.42 Å². The zero-order chi connectivity index (χ0) is 17.4. The standard InChI is InChI=1S/C20H22N2O2S/c1-25(23,24)22(20-11-10-15-6-2-3-8-18(15)20)13-12-16-14-21-19-9-5-4-7-17(16)19/h2-9,14,20-21H,10-13H2,1H3. The number of nitrogens with one attached hydrogen (secondary N) is 1. The summed E-state index contributed by atoms with van der Waals surface area (Å²) in [4.78, 5) is 3.27. The van der Waals surface area contributed by atoms with Gasteiger partial charge in [0.1, 0.15) is 0 Å². The molecule has 0 saturated carbocycles. The van der Waals surface area contributed by atoms with E-state index in [2.05, 4.69) is 23.2 Å². The summed E-state index contributed by atoms with van der Waals surface area (Å²) in [6.45, 7) is 0.500. The van der Waals surface area contributed by atoms with Gasteiger partial charge in [-0.05, 0) is 42.0 Å². The Morgan fingerprint density at radius 3 is 2.72 bits per heavy atom. The molecule has 4 nitrogen and oxygen atoms in total. The summed E-state index contributed by atoms with van der Waals surface area (Å²) in [5.74, 6) is 0. The van der Waals surface area contributed by atoms with Crippen molar-refractivity contribution in [1.82, 2.24) is 9.29 Å². The average Bonchev–Trinajstić information content (AvgIpc) is 3.19. The predicted molar refractivity (Wildman–Crippen MR) is 101 cm³/mol. The van der Waals surface area contributed by atoms with E-state index in [1.165, 1.54) is 17.2 Å². The van der Waals surface area contributed by atoms with Gasteiger partial charge in [-0.25, -0.2) is 8.42 Å². The maximum Gasteiger partial charge on any atom is 0.211 e. The Morgan fingerprint density at radius 2 is 1.88 bits per heavy atom. The zero-order valence-corrected chi connectivity index (χ0v) is 15.1. The molecule has 0 fully saturated rings. The van der Waals surface area contributed by atoms with Crippen LogP contribution in [0, 0.1) is 0 Å². The molecule has 0 bridgehead atoms. The quantitative estimate of drug-likeness (QED) is 0.760. The summed E-state index contributed by atoms with van der Waals surface area (Å²) in [7, 11) is -3.27. The summed E-state index contributed by atoms with van der Waals surface area (Å²) in [6.07, 6.45) is 5.83. The highest BCUT2D eigenvalue weighted by molar-refractivity contribution is 7.88. The fourth-order valence-corrected chi connectivity index (χ4v) is 5.06. The molecule has 1 aliphatic carbocycles. The van der Waals surface area contributed by atoms with Gasteiger partial charge in [-0.2, -0.15) is 4.31 Å². The van der Waals surface area contributed by atoms with Crippen molar-refractivity contribution < 1.29 is 8.42 Å². The van der Waals surface area contributed by atoms with Gasteiger partial charge in [0, 0.05) is 23.6 Å². The molecule has 0 amide bonds. The van der Waals surface area contributed by atoms with Crippen LogP contribution in [-0.4, -0.2) is 30.5 Å². The number of benzene rings is 2. The maximum absolute atomic E-state index is 12.5. The van der Waals surface area contributed by atoms with E-state index < -0.39 is 10.0 Å². The van der Waals surface area contributed by atoms with Gasteiger partial charge in [-0.1, -0.05) is 42.5 Å². The van der Waals surface area contributed by atoms with Crippen LogP contribution >= 0.6 is 0 Å². The van der Waals surface area contributed by atoms with Crippen LogP contribution in [0.2, 0.25) is 0 Å². The summed E-state index contributed by atoms with van der Waals surface area (Å²) < 4.78 is 26.6. The number of hydrogen-bond acceptors (Lipinski definition) is 2. The zero-order valence-electron chi connectivity index (χ0n) is 14.3. The van der Waals surface area contributed by atoms with Gasteiger partial charge in [0.15, 0.2) is 0 Å². The Hall–Kier alpha value is -2.11. The van der Waals surface area contributed by atoms with E-state index in [4.69, 9.17) is 0 Å². The molecule has 0 aliphatic heterocycles. The number of rotatable bonds is 5. The van der Waals surface area contributed by atoms with Crippen LogP contribution in [0.1, 0.15) is 29.2 Å². The fraction of sp³-hybridized carbons (Fsp3) is 0.300. The highest BCUT2D eigenvalue weighted by atomic mass is 32.2. The van der Waals surface area contributed by atoms with Gasteiger partial charge in [-0.15, -0.1) is 0 Å². The summed E-state index contributed by atoms with van der Waals surface area (Å²) >= 11 is 0. The number of H-pyrrole nitrogens is 1. The number of nitrogens with zero attached hydrogens (tertiary/aromatic N) is 1. The van der Waals surface area contributed by atoms with Crippen LogP contribution in [0.4, 0.5) is 0 Å². The van der Waals surface area contributed by atoms with Crippen LogP contribution < -0.4 is 0 Å². The Kier molecular flexibility index (Phi) is 4.13. The van der Waals surface area contributed by atoms with Crippen LogP contribution in [0.15, 0.2) is 54.7 Å². The Bertz CT molecular complexity index is 1010. The lowest BCUT2D eigenvalue weighted by Crippen LogP contribution is -2.34. The van der Waals surface area contributed by atoms with Gasteiger partial charge in [-0.3, -0.25) is 0 Å². The van der Waals surface area contributed by atoms with Crippen molar-refractivity contribution in [3.63, 3.8) is 0 Å². The Labute approximate surface area is 148 Å². The lowest BCUT2D eigenvalue weighted by atomic mass is 10.1. The molecular weight excluding hydrogens is 332 g/mol. The molecule has 1 aromatic heterocycles. The lowest BCUT2D eigenvalue weighted by molar-refractivity contribution is 0.328. The summed E-state index contributed by atoms with van der Waals surface area (Å²) in [5.41, 5.74) is 4.69. The number of fused-ring (bicyclic) bond motifs is 2. The normalized spacial score (nSPS) is 17.3. The molecule has 4 rings (SSSR count). The van der Waals surface area contributed by atoms with Crippen molar-refractivity contribution in [3.05, 3.63) is 71.4 Å². The number of para-hydroxylation sites is 1. The van der Waals surface area contributed by atoms with Crippen LogP contribution in [-0.2, 0) is 22.9 Å². The van der Waals surface area contributed by atoms with Crippen molar-refractivity contribution >= 4 is 20.9 Å². The monoisotopic (exact) mass is 354 g/mol. The van der Waals surface area contributed by atoms with Crippen molar-refractivity contribution in [2.75, 3.05) is 12.8 Å². The molecular formula is C20H22N2O2S. The highest BCUT2D eigenvalue weighted by Gasteiger charge is 2.32. The van der Waals surface area contributed by atoms with E-state index in [0.29, 0.717) is 13.0 Å².